The van der Waals surface area contributed by atoms with Gasteiger partial charge in [0.1, 0.15) is 5.54 Å². The predicted molar refractivity (Wildman–Crippen MR) is 130 cm³/mol. The Hall–Kier alpha value is -2.51. The number of amides is 1. The van der Waals surface area contributed by atoms with E-state index >= 15 is 0 Å². The Balaban J connectivity index is 1.81. The molecule has 2 atom stereocenters. The standard InChI is InChI=1S/C24H25BrN4OS/c1-14(2)15-5-7-16(8-6-15)21-22(30)29(4)23(26)28-24(21,3)20-10-18(13-31-20)17-9-19(25)12-27-11-17/h5-14,21H,1-4H3,(H2,26,28)/t21-,24-/m1/s1. The number of pyridine rings is 1. The van der Waals surface area contributed by atoms with E-state index in [2.05, 4.69) is 58.3 Å². The molecule has 0 unspecified atom stereocenters. The number of guanidine groups is 1. The van der Waals surface area contributed by atoms with Crippen LogP contribution < -0.4 is 5.73 Å². The SMILES string of the molecule is CC(C)c1ccc([C@@H]2C(=O)N(C)C(N)=N[C@]2(C)c2cc(-c3cncc(Br)c3)cs2)cc1. The minimum atomic E-state index is -0.796. The fraction of sp³-hybridized carbons (Fsp3) is 0.292. The summed E-state index contributed by atoms with van der Waals surface area (Å²) in [5.74, 6) is 0.156. The zero-order valence-electron chi connectivity index (χ0n) is 18.0. The summed E-state index contributed by atoms with van der Waals surface area (Å²) in [5, 5.41) is 2.08. The van der Waals surface area contributed by atoms with Crippen LogP contribution in [-0.4, -0.2) is 28.8 Å². The van der Waals surface area contributed by atoms with E-state index in [0.717, 1.165) is 26.0 Å². The largest absolute Gasteiger partial charge is 0.369 e. The van der Waals surface area contributed by atoms with Crippen molar-refractivity contribution in [3.05, 3.63) is 74.6 Å². The van der Waals surface area contributed by atoms with Crippen LogP contribution in [0.2, 0.25) is 0 Å². The van der Waals surface area contributed by atoms with Gasteiger partial charge >= 0.3 is 0 Å². The number of halogens is 1. The second-order valence-electron chi connectivity index (χ2n) is 8.36. The topological polar surface area (TPSA) is 71.6 Å². The van der Waals surface area contributed by atoms with E-state index in [0.29, 0.717) is 5.92 Å². The van der Waals surface area contributed by atoms with Crippen LogP contribution in [0.3, 0.4) is 0 Å². The molecule has 0 saturated heterocycles. The zero-order chi connectivity index (χ0) is 22.3. The number of aliphatic imine (C=N–C) groups is 1. The first-order valence-corrected chi connectivity index (χ1v) is 11.8. The Bertz CT molecular complexity index is 1150. The smallest absolute Gasteiger partial charge is 0.239 e. The molecule has 5 nitrogen and oxygen atoms in total. The first kappa shape index (κ1) is 21.7. The van der Waals surface area contributed by atoms with Crippen LogP contribution in [-0.2, 0) is 10.3 Å². The molecule has 2 N–H and O–H groups in total. The number of hydrogen-bond acceptors (Lipinski definition) is 5. The van der Waals surface area contributed by atoms with E-state index in [1.54, 1.807) is 24.6 Å². The number of likely N-dealkylation sites (N-methyl/N-ethyl adjacent to an activating group) is 1. The highest BCUT2D eigenvalue weighted by Gasteiger charge is 2.48. The van der Waals surface area contributed by atoms with E-state index in [1.165, 1.54) is 10.5 Å². The van der Waals surface area contributed by atoms with Crippen LogP contribution in [0.5, 0.6) is 0 Å². The van der Waals surface area contributed by atoms with Gasteiger partial charge in [-0.15, -0.1) is 11.3 Å². The fourth-order valence-electron chi connectivity index (χ4n) is 3.99. The van der Waals surface area contributed by atoms with Crippen molar-refractivity contribution in [2.75, 3.05) is 7.05 Å². The molecular weight excluding hydrogens is 472 g/mol. The lowest BCUT2D eigenvalue weighted by molar-refractivity contribution is -0.130. The minimum Gasteiger partial charge on any atom is -0.369 e. The highest BCUT2D eigenvalue weighted by Crippen LogP contribution is 2.47. The van der Waals surface area contributed by atoms with E-state index < -0.39 is 11.5 Å². The zero-order valence-corrected chi connectivity index (χ0v) is 20.4. The lowest BCUT2D eigenvalue weighted by Gasteiger charge is -2.40. The molecule has 3 aromatic rings. The Morgan fingerprint density at radius 2 is 1.87 bits per heavy atom. The third kappa shape index (κ3) is 3.92. The van der Waals surface area contributed by atoms with Gasteiger partial charge in [-0.1, -0.05) is 38.1 Å². The number of aromatic nitrogens is 1. The molecule has 1 aromatic carbocycles. The van der Waals surface area contributed by atoms with Gasteiger partial charge in [-0.3, -0.25) is 14.7 Å². The Morgan fingerprint density at radius 3 is 2.52 bits per heavy atom. The molecule has 0 radical (unpaired) electrons. The van der Waals surface area contributed by atoms with Crippen molar-refractivity contribution in [2.24, 2.45) is 10.7 Å². The molecule has 0 aliphatic carbocycles. The summed E-state index contributed by atoms with van der Waals surface area (Å²) in [4.78, 5) is 25.0. The van der Waals surface area contributed by atoms with E-state index in [9.17, 15) is 4.79 Å². The number of nitrogens with two attached hydrogens (primary N) is 1. The average molecular weight is 497 g/mol. The number of carbonyl (C=O) groups excluding carboxylic acids is 1. The first-order valence-electron chi connectivity index (χ1n) is 10.1. The monoisotopic (exact) mass is 496 g/mol. The Labute approximate surface area is 195 Å². The molecule has 4 rings (SSSR count). The number of nitrogens with zero attached hydrogens (tertiary/aromatic N) is 3. The number of rotatable bonds is 4. The molecule has 1 aliphatic heterocycles. The fourth-order valence-corrected chi connectivity index (χ4v) is 5.41. The van der Waals surface area contributed by atoms with Crippen molar-refractivity contribution in [2.45, 2.75) is 38.1 Å². The van der Waals surface area contributed by atoms with Crippen molar-refractivity contribution < 1.29 is 4.79 Å². The van der Waals surface area contributed by atoms with Gasteiger partial charge in [0.15, 0.2) is 5.96 Å². The molecule has 1 amide bonds. The van der Waals surface area contributed by atoms with Gasteiger partial charge in [-0.25, -0.2) is 4.99 Å². The van der Waals surface area contributed by atoms with Crippen molar-refractivity contribution in [3.8, 4) is 11.1 Å². The van der Waals surface area contributed by atoms with Crippen LogP contribution in [0.4, 0.5) is 0 Å². The highest BCUT2D eigenvalue weighted by atomic mass is 79.9. The Morgan fingerprint density at radius 1 is 1.16 bits per heavy atom. The molecule has 0 saturated carbocycles. The summed E-state index contributed by atoms with van der Waals surface area (Å²) in [6.45, 7) is 6.32. The summed E-state index contributed by atoms with van der Waals surface area (Å²) in [7, 11) is 1.68. The maximum atomic E-state index is 13.4. The maximum absolute atomic E-state index is 13.4. The second-order valence-corrected chi connectivity index (χ2v) is 10.2. The normalized spacial score (nSPS) is 21.5. The highest BCUT2D eigenvalue weighted by molar-refractivity contribution is 9.10. The quantitative estimate of drug-likeness (QED) is 0.519. The van der Waals surface area contributed by atoms with Crippen molar-refractivity contribution in [1.29, 1.82) is 0 Å². The van der Waals surface area contributed by atoms with E-state index in [-0.39, 0.29) is 11.9 Å². The van der Waals surface area contributed by atoms with Gasteiger partial charge in [-0.05, 0) is 63.0 Å². The number of thiophene rings is 1. The lowest BCUT2D eigenvalue weighted by Crippen LogP contribution is -2.52. The third-order valence-corrected chi connectivity index (χ3v) is 7.49. The average Bonchev–Trinajstić information content (AvgIpc) is 3.24. The molecule has 160 valence electrons. The van der Waals surface area contributed by atoms with E-state index in [1.807, 2.05) is 31.3 Å². The Kier molecular flexibility index (Phi) is 5.75. The molecule has 7 heteroatoms. The molecule has 3 heterocycles. The summed E-state index contributed by atoms with van der Waals surface area (Å²) in [6.07, 6.45) is 3.59. The first-order chi connectivity index (χ1) is 14.7. The summed E-state index contributed by atoms with van der Waals surface area (Å²) >= 11 is 5.07. The number of benzene rings is 1. The van der Waals surface area contributed by atoms with Crippen LogP contribution >= 0.6 is 27.3 Å². The second kappa shape index (κ2) is 8.20. The van der Waals surface area contributed by atoms with Gasteiger partial charge in [0, 0.05) is 34.4 Å². The van der Waals surface area contributed by atoms with Gasteiger partial charge < -0.3 is 5.73 Å². The van der Waals surface area contributed by atoms with Gasteiger partial charge in [0.05, 0.1) is 5.92 Å². The molecule has 0 fully saturated rings. The molecule has 0 bridgehead atoms. The van der Waals surface area contributed by atoms with E-state index in [4.69, 9.17) is 10.7 Å². The van der Waals surface area contributed by atoms with Crippen molar-refractivity contribution in [3.63, 3.8) is 0 Å². The van der Waals surface area contributed by atoms with Gasteiger partial charge in [-0.2, -0.15) is 0 Å². The van der Waals surface area contributed by atoms with Crippen LogP contribution in [0.15, 0.2) is 63.6 Å². The van der Waals surface area contributed by atoms with Gasteiger partial charge in [0.2, 0.25) is 5.91 Å². The van der Waals surface area contributed by atoms with Gasteiger partial charge in [0.25, 0.3) is 0 Å². The summed E-state index contributed by atoms with van der Waals surface area (Å²) in [5.41, 5.74) is 9.61. The molecular formula is C24H25BrN4OS. The number of hydrogen-bond donors (Lipinski definition) is 1. The third-order valence-electron chi connectivity index (χ3n) is 5.90. The minimum absolute atomic E-state index is 0.0497. The van der Waals surface area contributed by atoms with Crippen molar-refractivity contribution >= 4 is 39.1 Å². The molecule has 31 heavy (non-hydrogen) atoms. The van der Waals surface area contributed by atoms with Crippen LogP contribution in [0.1, 0.15) is 48.6 Å². The van der Waals surface area contributed by atoms with Crippen LogP contribution in [0.25, 0.3) is 11.1 Å². The molecule has 1 aliphatic rings. The van der Waals surface area contributed by atoms with Crippen molar-refractivity contribution in [1.82, 2.24) is 9.88 Å². The maximum Gasteiger partial charge on any atom is 0.239 e. The molecule has 2 aromatic heterocycles. The lowest BCUT2D eigenvalue weighted by atomic mass is 9.77. The summed E-state index contributed by atoms with van der Waals surface area (Å²) < 4.78 is 0.920. The summed E-state index contributed by atoms with van der Waals surface area (Å²) in [6, 6.07) is 12.4. The predicted octanol–water partition coefficient (Wildman–Crippen LogP) is 5.48. The van der Waals surface area contributed by atoms with Crippen LogP contribution in [0, 0.1) is 0 Å². The molecule has 0 spiro atoms. The number of carbonyl (C=O) groups is 1.